The van der Waals surface area contributed by atoms with Crippen LogP contribution in [0.15, 0.2) is 0 Å². The van der Waals surface area contributed by atoms with Crippen LogP contribution < -0.4 is 4.72 Å². The molecule has 0 aromatic rings. The molecule has 1 amide bonds. The van der Waals surface area contributed by atoms with Crippen LogP contribution in [0.25, 0.3) is 0 Å². The molecule has 1 fully saturated rings. The third-order valence-corrected chi connectivity index (χ3v) is 3.37. The lowest BCUT2D eigenvalue weighted by molar-refractivity contribution is 0.200. The topological polar surface area (TPSA) is 86.5 Å². The van der Waals surface area contributed by atoms with Crippen molar-refractivity contribution in [3.05, 3.63) is 0 Å². The van der Waals surface area contributed by atoms with E-state index in [-0.39, 0.29) is 12.0 Å². The number of carboxylic acid groups (broad SMARTS) is 1. The van der Waals surface area contributed by atoms with Crippen LogP contribution in [0.2, 0.25) is 0 Å². The van der Waals surface area contributed by atoms with Gasteiger partial charge in [-0.25, -0.2) is 9.52 Å². The van der Waals surface area contributed by atoms with E-state index in [1.807, 2.05) is 13.8 Å². The molecule has 0 aromatic carbocycles. The molecule has 0 aliphatic carbocycles. The average Bonchev–Trinajstić information content (AvgIpc) is 2.59. The van der Waals surface area contributed by atoms with E-state index >= 15 is 0 Å². The molecule has 1 aliphatic rings. The van der Waals surface area contributed by atoms with Gasteiger partial charge in [0, 0.05) is 12.6 Å². The highest BCUT2D eigenvalue weighted by Crippen LogP contribution is 2.27. The van der Waals surface area contributed by atoms with Gasteiger partial charge in [0.2, 0.25) is 0 Å². The minimum absolute atomic E-state index is 0.0585. The van der Waals surface area contributed by atoms with Crippen molar-refractivity contribution in [3.8, 4) is 0 Å². The monoisotopic (exact) mass is 208 g/mol. The minimum Gasteiger partial charge on any atom is -0.464 e. The van der Waals surface area contributed by atoms with Crippen LogP contribution >= 0.6 is 0 Å². The first-order valence-electron chi connectivity index (χ1n) is 3.87. The summed E-state index contributed by atoms with van der Waals surface area (Å²) in [4.78, 5) is 10.1. The van der Waals surface area contributed by atoms with Gasteiger partial charge in [0.05, 0.1) is 0 Å². The van der Waals surface area contributed by atoms with E-state index in [2.05, 4.69) is 0 Å². The summed E-state index contributed by atoms with van der Waals surface area (Å²) in [5, 5.41) is 8.23. The van der Waals surface area contributed by atoms with Crippen molar-refractivity contribution in [1.29, 1.82) is 0 Å². The first-order chi connectivity index (χ1) is 5.84. The Labute approximate surface area is 76.7 Å². The van der Waals surface area contributed by atoms with E-state index < -0.39 is 16.3 Å². The van der Waals surface area contributed by atoms with Crippen LogP contribution in [-0.4, -0.2) is 36.5 Å². The standard InChI is InChI=1S/C6H12N2O4S/c1-4(2)5-3-8(5)13(11,12)7-6(9)10/h4-5,7H,3H2,1-2H3,(H,9,10). The highest BCUT2D eigenvalue weighted by Gasteiger charge is 2.46. The second-order valence-electron chi connectivity index (χ2n) is 3.29. The van der Waals surface area contributed by atoms with Gasteiger partial charge in [-0.3, -0.25) is 0 Å². The molecule has 2 unspecified atom stereocenters. The number of amides is 1. The van der Waals surface area contributed by atoms with E-state index in [1.54, 1.807) is 0 Å². The van der Waals surface area contributed by atoms with Crippen LogP contribution in [0.3, 0.4) is 0 Å². The largest absolute Gasteiger partial charge is 0.464 e. The Morgan fingerprint density at radius 1 is 1.62 bits per heavy atom. The highest BCUT2D eigenvalue weighted by atomic mass is 32.2. The maximum Gasteiger partial charge on any atom is 0.419 e. The SMILES string of the molecule is CC(C)C1CN1S(=O)(=O)NC(=O)O. The predicted octanol–water partition coefficient (Wildman–Crippen LogP) is -0.161. The van der Waals surface area contributed by atoms with Gasteiger partial charge >= 0.3 is 16.3 Å². The van der Waals surface area contributed by atoms with Crippen molar-refractivity contribution < 1.29 is 18.3 Å². The number of hydrogen-bond acceptors (Lipinski definition) is 3. The fraction of sp³-hybridized carbons (Fsp3) is 0.833. The van der Waals surface area contributed by atoms with Gasteiger partial charge in [-0.05, 0) is 5.92 Å². The molecule has 2 atom stereocenters. The Balaban J connectivity index is 2.60. The van der Waals surface area contributed by atoms with Crippen LogP contribution in [0, 0.1) is 5.92 Å². The molecule has 7 heteroatoms. The lowest BCUT2D eigenvalue weighted by Gasteiger charge is -2.06. The zero-order valence-corrected chi connectivity index (χ0v) is 8.21. The molecule has 1 heterocycles. The van der Waals surface area contributed by atoms with Crippen molar-refractivity contribution >= 4 is 16.3 Å². The van der Waals surface area contributed by atoms with Gasteiger partial charge in [-0.2, -0.15) is 12.7 Å². The molecule has 6 nitrogen and oxygen atoms in total. The first kappa shape index (κ1) is 10.3. The summed E-state index contributed by atoms with van der Waals surface area (Å²) in [5.41, 5.74) is 0. The summed E-state index contributed by atoms with van der Waals surface area (Å²) >= 11 is 0. The fourth-order valence-electron chi connectivity index (χ4n) is 1.13. The Morgan fingerprint density at radius 3 is 2.46 bits per heavy atom. The Morgan fingerprint density at radius 2 is 2.15 bits per heavy atom. The molecule has 13 heavy (non-hydrogen) atoms. The fourth-order valence-corrected chi connectivity index (χ4v) is 2.41. The van der Waals surface area contributed by atoms with Gasteiger partial charge in [-0.15, -0.1) is 0 Å². The van der Waals surface area contributed by atoms with Crippen molar-refractivity contribution in [2.45, 2.75) is 19.9 Å². The van der Waals surface area contributed by atoms with Crippen LogP contribution in [-0.2, 0) is 10.2 Å². The molecule has 1 rings (SSSR count). The minimum atomic E-state index is -3.80. The number of nitrogens with zero attached hydrogens (tertiary/aromatic N) is 1. The molecule has 2 N–H and O–H groups in total. The van der Waals surface area contributed by atoms with Crippen molar-refractivity contribution in [2.24, 2.45) is 5.92 Å². The van der Waals surface area contributed by atoms with E-state index in [0.29, 0.717) is 6.54 Å². The van der Waals surface area contributed by atoms with Gasteiger partial charge in [0.25, 0.3) is 0 Å². The lowest BCUT2D eigenvalue weighted by atomic mass is 10.1. The molecule has 1 saturated heterocycles. The normalized spacial score (nSPS) is 27.3. The van der Waals surface area contributed by atoms with Gasteiger partial charge in [0.15, 0.2) is 0 Å². The number of nitrogens with one attached hydrogen (secondary N) is 1. The third-order valence-electron chi connectivity index (χ3n) is 1.90. The van der Waals surface area contributed by atoms with Crippen LogP contribution in [0.1, 0.15) is 13.8 Å². The molecule has 0 bridgehead atoms. The summed E-state index contributed by atoms with van der Waals surface area (Å²) in [7, 11) is -3.80. The Bertz CT molecular complexity index is 311. The van der Waals surface area contributed by atoms with E-state index in [9.17, 15) is 13.2 Å². The zero-order chi connectivity index (χ0) is 10.2. The zero-order valence-electron chi connectivity index (χ0n) is 7.39. The predicted molar refractivity (Wildman–Crippen MR) is 45.4 cm³/mol. The Hall–Kier alpha value is -0.820. The smallest absolute Gasteiger partial charge is 0.419 e. The second kappa shape index (κ2) is 3.15. The van der Waals surface area contributed by atoms with Gasteiger partial charge in [0.1, 0.15) is 0 Å². The molecule has 76 valence electrons. The summed E-state index contributed by atoms with van der Waals surface area (Å²) in [6, 6.07) is -0.0585. The van der Waals surface area contributed by atoms with Crippen LogP contribution in [0.4, 0.5) is 4.79 Å². The average molecular weight is 208 g/mol. The van der Waals surface area contributed by atoms with Crippen molar-refractivity contribution in [1.82, 2.24) is 9.03 Å². The lowest BCUT2D eigenvalue weighted by Crippen LogP contribution is -2.35. The first-order valence-corrected chi connectivity index (χ1v) is 5.31. The molecular weight excluding hydrogens is 196 g/mol. The second-order valence-corrected chi connectivity index (χ2v) is 4.92. The Kier molecular flexibility index (Phi) is 2.49. The maximum atomic E-state index is 11.2. The molecular formula is C6H12N2O4S. The molecule has 0 aromatic heterocycles. The van der Waals surface area contributed by atoms with E-state index in [0.717, 1.165) is 4.31 Å². The van der Waals surface area contributed by atoms with Gasteiger partial charge in [-0.1, -0.05) is 13.8 Å². The van der Waals surface area contributed by atoms with Crippen LogP contribution in [0.5, 0.6) is 0 Å². The van der Waals surface area contributed by atoms with Gasteiger partial charge < -0.3 is 5.11 Å². The number of rotatable bonds is 3. The molecule has 0 spiro atoms. The number of carbonyl (C=O) groups is 1. The molecule has 1 aliphatic heterocycles. The van der Waals surface area contributed by atoms with Crippen molar-refractivity contribution in [2.75, 3.05) is 6.54 Å². The van der Waals surface area contributed by atoms with E-state index in [1.165, 1.54) is 4.72 Å². The third kappa shape index (κ3) is 2.31. The van der Waals surface area contributed by atoms with E-state index in [4.69, 9.17) is 5.11 Å². The maximum absolute atomic E-state index is 11.2. The quantitative estimate of drug-likeness (QED) is 0.631. The summed E-state index contributed by atoms with van der Waals surface area (Å²) in [5.74, 6) is 0.213. The van der Waals surface area contributed by atoms with Crippen molar-refractivity contribution in [3.63, 3.8) is 0 Å². The summed E-state index contributed by atoms with van der Waals surface area (Å²) < 4.78 is 24.9. The molecule has 0 saturated carbocycles. The highest BCUT2D eigenvalue weighted by molar-refractivity contribution is 7.87. The molecule has 0 radical (unpaired) electrons. The summed E-state index contributed by atoms with van der Waals surface area (Å²) in [6.07, 6.45) is -1.55. The summed E-state index contributed by atoms with van der Waals surface area (Å²) in [6.45, 7) is 4.18. The number of hydrogen-bond donors (Lipinski definition) is 2.